The fraction of sp³-hybridized carbons (Fsp3) is 0.450. The molecule has 148 valence electrons. The lowest BCUT2D eigenvalue weighted by Gasteiger charge is -2.22. The van der Waals surface area contributed by atoms with Crippen LogP contribution in [0.2, 0.25) is 0 Å². The van der Waals surface area contributed by atoms with Gasteiger partial charge in [-0.05, 0) is 43.5 Å². The molecule has 2 aliphatic rings. The first-order chi connectivity index (χ1) is 13.4. The molecular formula is C20H23F2N5O. The summed E-state index contributed by atoms with van der Waals surface area (Å²) in [5, 5.41) is 2.85. The molecule has 0 saturated carbocycles. The lowest BCUT2D eigenvalue weighted by molar-refractivity contribution is 0.0257. The summed E-state index contributed by atoms with van der Waals surface area (Å²) >= 11 is 0. The van der Waals surface area contributed by atoms with Crippen molar-refractivity contribution in [2.24, 2.45) is 0 Å². The molecule has 0 spiro atoms. The van der Waals surface area contributed by atoms with E-state index in [2.05, 4.69) is 20.2 Å². The van der Waals surface area contributed by atoms with Crippen LogP contribution in [0.25, 0.3) is 0 Å². The van der Waals surface area contributed by atoms with E-state index in [0.29, 0.717) is 17.1 Å². The Morgan fingerprint density at radius 3 is 2.54 bits per heavy atom. The molecular weight excluding hydrogens is 364 g/mol. The largest absolute Gasteiger partial charge is 0.357 e. The molecule has 0 aromatic carbocycles. The van der Waals surface area contributed by atoms with E-state index in [-0.39, 0.29) is 18.9 Å². The summed E-state index contributed by atoms with van der Waals surface area (Å²) in [6.45, 7) is 3.61. The maximum Gasteiger partial charge on any atom is 0.266 e. The lowest BCUT2D eigenvalue weighted by Crippen LogP contribution is -2.27. The molecule has 28 heavy (non-hydrogen) atoms. The number of aryl methyl sites for hydroxylation is 1. The zero-order valence-corrected chi connectivity index (χ0v) is 15.8. The van der Waals surface area contributed by atoms with Crippen molar-refractivity contribution in [3.63, 3.8) is 0 Å². The Morgan fingerprint density at radius 2 is 1.89 bits per heavy atom. The van der Waals surface area contributed by atoms with Gasteiger partial charge in [-0.25, -0.2) is 18.7 Å². The summed E-state index contributed by atoms with van der Waals surface area (Å²) in [7, 11) is 0. The number of hydrogen-bond acceptors (Lipinski definition) is 5. The second-order valence-electron chi connectivity index (χ2n) is 7.41. The van der Waals surface area contributed by atoms with E-state index in [0.717, 1.165) is 37.3 Å². The summed E-state index contributed by atoms with van der Waals surface area (Å²) in [5.74, 6) is -1.82. The highest BCUT2D eigenvalue weighted by atomic mass is 19.3. The Kier molecular flexibility index (Phi) is 4.87. The van der Waals surface area contributed by atoms with Crippen molar-refractivity contribution >= 4 is 23.2 Å². The van der Waals surface area contributed by atoms with Gasteiger partial charge in [0.15, 0.2) is 5.82 Å². The van der Waals surface area contributed by atoms with E-state index < -0.39 is 12.5 Å². The van der Waals surface area contributed by atoms with Crippen molar-refractivity contribution in [3.8, 4) is 0 Å². The van der Waals surface area contributed by atoms with Crippen LogP contribution in [0.4, 0.5) is 26.1 Å². The number of nitrogens with zero attached hydrogens (tertiary/aromatic N) is 4. The van der Waals surface area contributed by atoms with Crippen molar-refractivity contribution < 1.29 is 13.6 Å². The summed E-state index contributed by atoms with van der Waals surface area (Å²) < 4.78 is 27.3. The monoisotopic (exact) mass is 387 g/mol. The second-order valence-corrected chi connectivity index (χ2v) is 7.41. The van der Waals surface area contributed by atoms with Gasteiger partial charge in [0.05, 0.1) is 17.8 Å². The number of carbonyl (C=O) groups is 1. The number of halogens is 2. The molecule has 2 saturated heterocycles. The number of anilines is 3. The smallest absolute Gasteiger partial charge is 0.266 e. The van der Waals surface area contributed by atoms with Crippen LogP contribution in [0.1, 0.15) is 35.2 Å². The Bertz CT molecular complexity index is 865. The van der Waals surface area contributed by atoms with E-state index in [1.165, 1.54) is 4.90 Å². The van der Waals surface area contributed by atoms with Gasteiger partial charge in [0, 0.05) is 38.4 Å². The molecule has 2 aromatic rings. The van der Waals surface area contributed by atoms with Crippen molar-refractivity contribution in [2.75, 3.05) is 41.3 Å². The van der Waals surface area contributed by atoms with Crippen LogP contribution < -0.4 is 15.1 Å². The van der Waals surface area contributed by atoms with Crippen molar-refractivity contribution in [2.45, 2.75) is 32.1 Å². The minimum Gasteiger partial charge on any atom is -0.357 e. The van der Waals surface area contributed by atoms with Crippen molar-refractivity contribution in [1.29, 1.82) is 0 Å². The van der Waals surface area contributed by atoms with Gasteiger partial charge in [-0.3, -0.25) is 4.79 Å². The van der Waals surface area contributed by atoms with Crippen LogP contribution >= 0.6 is 0 Å². The standard InChI is InChI=1S/C20H23F2N5O/c1-14-6-8-23-18(27-11-7-20(21,22)13-27)17(14)25-19(28)15-4-5-16(24-12-15)26-9-2-3-10-26/h4-6,8,12H,2-3,7,9-11,13H2,1H3,(H,25,28). The van der Waals surface area contributed by atoms with E-state index in [1.807, 2.05) is 13.0 Å². The number of aromatic nitrogens is 2. The highest BCUT2D eigenvalue weighted by molar-refractivity contribution is 6.06. The van der Waals surface area contributed by atoms with Crippen LogP contribution in [-0.2, 0) is 0 Å². The van der Waals surface area contributed by atoms with Crippen molar-refractivity contribution in [3.05, 3.63) is 41.7 Å². The normalized spacial score (nSPS) is 18.5. The molecule has 0 radical (unpaired) electrons. The van der Waals surface area contributed by atoms with Crippen LogP contribution in [0.3, 0.4) is 0 Å². The number of amides is 1. The summed E-state index contributed by atoms with van der Waals surface area (Å²) in [6.07, 6.45) is 5.23. The van der Waals surface area contributed by atoms with Gasteiger partial charge >= 0.3 is 0 Å². The third-order valence-electron chi connectivity index (χ3n) is 5.29. The number of hydrogen-bond donors (Lipinski definition) is 1. The SMILES string of the molecule is Cc1ccnc(N2CCC(F)(F)C2)c1NC(=O)c1ccc(N2CCCC2)nc1. The number of pyridine rings is 2. The van der Waals surface area contributed by atoms with Gasteiger partial charge in [0.25, 0.3) is 11.8 Å². The zero-order valence-electron chi connectivity index (χ0n) is 15.8. The summed E-state index contributed by atoms with van der Waals surface area (Å²) in [4.78, 5) is 25.1. The predicted octanol–water partition coefficient (Wildman–Crippen LogP) is 3.48. The highest BCUT2D eigenvalue weighted by Crippen LogP contribution is 2.35. The highest BCUT2D eigenvalue weighted by Gasteiger charge is 2.39. The van der Waals surface area contributed by atoms with Crippen LogP contribution in [0, 0.1) is 6.92 Å². The van der Waals surface area contributed by atoms with Crippen molar-refractivity contribution in [1.82, 2.24) is 9.97 Å². The first-order valence-electron chi connectivity index (χ1n) is 9.54. The Hall–Kier alpha value is -2.77. The van der Waals surface area contributed by atoms with E-state index in [4.69, 9.17) is 0 Å². The number of alkyl halides is 2. The maximum absolute atomic E-state index is 13.6. The quantitative estimate of drug-likeness (QED) is 0.870. The van der Waals surface area contributed by atoms with Gasteiger partial charge in [0.2, 0.25) is 0 Å². The first-order valence-corrected chi connectivity index (χ1v) is 9.54. The van der Waals surface area contributed by atoms with Crippen LogP contribution in [0.5, 0.6) is 0 Å². The van der Waals surface area contributed by atoms with Gasteiger partial charge in [-0.1, -0.05) is 0 Å². The molecule has 2 aromatic heterocycles. The molecule has 8 heteroatoms. The third-order valence-corrected chi connectivity index (χ3v) is 5.29. The predicted molar refractivity (Wildman–Crippen MR) is 104 cm³/mol. The Balaban J connectivity index is 1.53. The number of rotatable bonds is 4. The first kappa shape index (κ1) is 18.6. The Labute approximate surface area is 162 Å². The summed E-state index contributed by atoms with van der Waals surface area (Å²) in [5.41, 5.74) is 1.66. The molecule has 2 fully saturated rings. The molecule has 0 aliphatic carbocycles. The van der Waals surface area contributed by atoms with Gasteiger partial charge < -0.3 is 15.1 Å². The average molecular weight is 387 g/mol. The molecule has 2 aliphatic heterocycles. The fourth-order valence-corrected chi connectivity index (χ4v) is 3.69. The number of nitrogens with one attached hydrogen (secondary N) is 1. The topological polar surface area (TPSA) is 61.4 Å². The minimum atomic E-state index is -2.73. The summed E-state index contributed by atoms with van der Waals surface area (Å²) in [6, 6.07) is 5.34. The maximum atomic E-state index is 13.6. The van der Waals surface area contributed by atoms with Gasteiger partial charge in [-0.2, -0.15) is 0 Å². The molecule has 1 amide bonds. The molecule has 0 unspecified atom stereocenters. The van der Waals surface area contributed by atoms with Crippen LogP contribution in [0.15, 0.2) is 30.6 Å². The molecule has 6 nitrogen and oxygen atoms in total. The Morgan fingerprint density at radius 1 is 1.11 bits per heavy atom. The third kappa shape index (κ3) is 3.76. The molecule has 4 heterocycles. The van der Waals surface area contributed by atoms with E-state index in [1.54, 1.807) is 24.5 Å². The molecule has 0 atom stereocenters. The number of carbonyl (C=O) groups excluding carboxylic acids is 1. The molecule has 0 bridgehead atoms. The van der Waals surface area contributed by atoms with Gasteiger partial charge in [-0.15, -0.1) is 0 Å². The fourth-order valence-electron chi connectivity index (χ4n) is 3.69. The van der Waals surface area contributed by atoms with E-state index in [9.17, 15) is 13.6 Å². The van der Waals surface area contributed by atoms with Crippen LogP contribution in [-0.4, -0.2) is 48.0 Å². The van der Waals surface area contributed by atoms with Gasteiger partial charge in [0.1, 0.15) is 5.82 Å². The zero-order chi connectivity index (χ0) is 19.7. The molecule has 1 N–H and O–H groups in total. The lowest BCUT2D eigenvalue weighted by atomic mass is 10.2. The molecule has 4 rings (SSSR count). The average Bonchev–Trinajstić information content (AvgIpc) is 3.33. The second kappa shape index (κ2) is 7.33. The van der Waals surface area contributed by atoms with E-state index >= 15 is 0 Å². The minimum absolute atomic E-state index is 0.207.